The van der Waals surface area contributed by atoms with Crippen LogP contribution in [0.5, 0.6) is 0 Å². The van der Waals surface area contributed by atoms with E-state index in [0.717, 1.165) is 6.04 Å². The van der Waals surface area contributed by atoms with Gasteiger partial charge in [0.25, 0.3) is 0 Å². The third kappa shape index (κ3) is 2.03. The zero-order chi connectivity index (χ0) is 9.26. The minimum Gasteiger partial charge on any atom is -0.313 e. The van der Waals surface area contributed by atoms with Crippen molar-refractivity contribution in [2.45, 2.75) is 25.4 Å². The largest absolute Gasteiger partial charge is 0.313 e. The Morgan fingerprint density at radius 1 is 1.15 bits per heavy atom. The maximum Gasteiger partial charge on any atom is 0.0259 e. The van der Waals surface area contributed by atoms with Gasteiger partial charge < -0.3 is 10.2 Å². The van der Waals surface area contributed by atoms with E-state index in [1.165, 1.54) is 39.1 Å². The summed E-state index contributed by atoms with van der Waals surface area (Å²) in [5.74, 6) is 0. The van der Waals surface area contributed by atoms with E-state index in [0.29, 0.717) is 6.04 Å². The van der Waals surface area contributed by atoms with Gasteiger partial charge in [0.1, 0.15) is 0 Å². The molecule has 0 amide bonds. The van der Waals surface area contributed by atoms with Crippen LogP contribution in [-0.2, 0) is 0 Å². The first-order valence-corrected chi connectivity index (χ1v) is 5.43. The zero-order valence-electron chi connectivity index (χ0n) is 8.79. The Morgan fingerprint density at radius 2 is 1.85 bits per heavy atom. The first kappa shape index (κ1) is 9.44. The Bertz CT molecular complexity index is 164. The van der Waals surface area contributed by atoms with Crippen LogP contribution in [0.3, 0.4) is 0 Å². The standard InChI is InChI=1S/C10H21N3/c1-9-10(3-4-11-9)13-7-5-12(2)6-8-13/h9-11H,3-8H2,1-2H3/t9-,10-/m0/s1. The lowest BCUT2D eigenvalue weighted by atomic mass is 10.1. The summed E-state index contributed by atoms with van der Waals surface area (Å²) < 4.78 is 0. The fourth-order valence-electron chi connectivity index (χ4n) is 2.50. The second-order valence-electron chi connectivity index (χ2n) is 4.44. The summed E-state index contributed by atoms with van der Waals surface area (Å²) in [4.78, 5) is 5.08. The SMILES string of the molecule is C[C@@H]1NCC[C@@H]1N1CCN(C)CC1. The van der Waals surface area contributed by atoms with E-state index < -0.39 is 0 Å². The molecule has 76 valence electrons. The number of likely N-dealkylation sites (N-methyl/N-ethyl adjacent to an activating group) is 1. The summed E-state index contributed by atoms with van der Waals surface area (Å²) in [6.07, 6.45) is 1.34. The normalized spacial score (nSPS) is 38.3. The molecule has 3 heteroatoms. The van der Waals surface area contributed by atoms with Crippen molar-refractivity contribution in [3.63, 3.8) is 0 Å². The number of rotatable bonds is 1. The Morgan fingerprint density at radius 3 is 2.38 bits per heavy atom. The number of piperazine rings is 1. The second-order valence-corrected chi connectivity index (χ2v) is 4.44. The third-order valence-electron chi connectivity index (χ3n) is 3.49. The maximum atomic E-state index is 3.52. The van der Waals surface area contributed by atoms with Gasteiger partial charge in [0.05, 0.1) is 0 Å². The van der Waals surface area contributed by atoms with Gasteiger partial charge in [-0.15, -0.1) is 0 Å². The van der Waals surface area contributed by atoms with E-state index in [1.54, 1.807) is 0 Å². The van der Waals surface area contributed by atoms with E-state index in [-0.39, 0.29) is 0 Å². The summed E-state index contributed by atoms with van der Waals surface area (Å²) in [6, 6.07) is 1.50. The highest BCUT2D eigenvalue weighted by Gasteiger charge is 2.29. The minimum absolute atomic E-state index is 0.698. The zero-order valence-corrected chi connectivity index (χ0v) is 8.79. The van der Waals surface area contributed by atoms with Crippen molar-refractivity contribution in [1.82, 2.24) is 15.1 Å². The van der Waals surface area contributed by atoms with Gasteiger partial charge >= 0.3 is 0 Å². The summed E-state index contributed by atoms with van der Waals surface area (Å²) in [5, 5.41) is 3.52. The molecule has 1 N–H and O–H groups in total. The number of hydrogen-bond donors (Lipinski definition) is 1. The predicted octanol–water partition coefficient (Wildman–Crippen LogP) is -0.0158. The average molecular weight is 183 g/mol. The van der Waals surface area contributed by atoms with Gasteiger partial charge in [-0.2, -0.15) is 0 Å². The maximum absolute atomic E-state index is 3.52. The number of nitrogens with zero attached hydrogens (tertiary/aromatic N) is 2. The highest BCUT2D eigenvalue weighted by atomic mass is 15.3. The molecule has 0 aromatic rings. The van der Waals surface area contributed by atoms with Crippen LogP contribution in [0.2, 0.25) is 0 Å². The predicted molar refractivity (Wildman–Crippen MR) is 54.9 cm³/mol. The van der Waals surface area contributed by atoms with Gasteiger partial charge in [-0.1, -0.05) is 0 Å². The molecule has 2 heterocycles. The molecular formula is C10H21N3. The molecule has 0 aromatic carbocycles. The van der Waals surface area contributed by atoms with Gasteiger partial charge in [0.2, 0.25) is 0 Å². The van der Waals surface area contributed by atoms with Crippen molar-refractivity contribution in [1.29, 1.82) is 0 Å². The van der Waals surface area contributed by atoms with Crippen molar-refractivity contribution < 1.29 is 0 Å². The molecule has 0 bridgehead atoms. The monoisotopic (exact) mass is 183 g/mol. The summed E-state index contributed by atoms with van der Waals surface area (Å²) in [5.41, 5.74) is 0. The molecule has 3 nitrogen and oxygen atoms in total. The fraction of sp³-hybridized carbons (Fsp3) is 1.00. The van der Waals surface area contributed by atoms with Crippen LogP contribution < -0.4 is 5.32 Å². The van der Waals surface area contributed by atoms with Crippen LogP contribution >= 0.6 is 0 Å². The van der Waals surface area contributed by atoms with E-state index in [9.17, 15) is 0 Å². The summed E-state index contributed by atoms with van der Waals surface area (Å²) >= 11 is 0. The Balaban J connectivity index is 1.86. The molecule has 2 rings (SSSR count). The smallest absolute Gasteiger partial charge is 0.0259 e. The Hall–Kier alpha value is -0.120. The van der Waals surface area contributed by atoms with Crippen LogP contribution in [0, 0.1) is 0 Å². The molecule has 0 radical (unpaired) electrons. The minimum atomic E-state index is 0.698. The number of nitrogens with one attached hydrogen (secondary N) is 1. The lowest BCUT2D eigenvalue weighted by Crippen LogP contribution is -2.51. The molecule has 2 fully saturated rings. The van der Waals surface area contributed by atoms with E-state index in [1.807, 2.05) is 0 Å². The lowest BCUT2D eigenvalue weighted by molar-refractivity contribution is 0.107. The number of hydrogen-bond acceptors (Lipinski definition) is 3. The van der Waals surface area contributed by atoms with Gasteiger partial charge in [-0.3, -0.25) is 4.90 Å². The van der Waals surface area contributed by atoms with Crippen LogP contribution in [0.15, 0.2) is 0 Å². The topological polar surface area (TPSA) is 18.5 Å². The van der Waals surface area contributed by atoms with Crippen molar-refractivity contribution in [2.75, 3.05) is 39.8 Å². The molecule has 0 saturated carbocycles. The first-order valence-electron chi connectivity index (χ1n) is 5.43. The van der Waals surface area contributed by atoms with Crippen molar-refractivity contribution in [3.05, 3.63) is 0 Å². The van der Waals surface area contributed by atoms with Crippen LogP contribution in [0.1, 0.15) is 13.3 Å². The van der Waals surface area contributed by atoms with Crippen LogP contribution in [-0.4, -0.2) is 61.7 Å². The second kappa shape index (κ2) is 3.95. The molecule has 0 unspecified atom stereocenters. The van der Waals surface area contributed by atoms with Crippen molar-refractivity contribution >= 4 is 0 Å². The first-order chi connectivity index (χ1) is 6.27. The quantitative estimate of drug-likeness (QED) is 0.616. The highest BCUT2D eigenvalue weighted by molar-refractivity contribution is 4.89. The molecule has 2 saturated heterocycles. The van der Waals surface area contributed by atoms with Gasteiger partial charge in [0.15, 0.2) is 0 Å². The molecular weight excluding hydrogens is 162 g/mol. The van der Waals surface area contributed by atoms with Crippen molar-refractivity contribution in [3.8, 4) is 0 Å². The van der Waals surface area contributed by atoms with E-state index in [2.05, 4.69) is 29.1 Å². The van der Waals surface area contributed by atoms with Gasteiger partial charge in [0, 0.05) is 38.3 Å². The molecule has 13 heavy (non-hydrogen) atoms. The molecule has 0 aliphatic carbocycles. The van der Waals surface area contributed by atoms with E-state index in [4.69, 9.17) is 0 Å². The lowest BCUT2D eigenvalue weighted by Gasteiger charge is -2.37. The highest BCUT2D eigenvalue weighted by Crippen LogP contribution is 2.16. The Labute approximate surface area is 81.1 Å². The molecule has 2 aliphatic heterocycles. The van der Waals surface area contributed by atoms with Gasteiger partial charge in [-0.05, 0) is 26.9 Å². The van der Waals surface area contributed by atoms with E-state index >= 15 is 0 Å². The Kier molecular flexibility index (Phi) is 2.86. The van der Waals surface area contributed by atoms with Crippen LogP contribution in [0.4, 0.5) is 0 Å². The van der Waals surface area contributed by atoms with Crippen LogP contribution in [0.25, 0.3) is 0 Å². The third-order valence-corrected chi connectivity index (χ3v) is 3.49. The molecule has 0 aromatic heterocycles. The molecule has 2 aliphatic rings. The molecule has 0 spiro atoms. The fourth-order valence-corrected chi connectivity index (χ4v) is 2.50. The summed E-state index contributed by atoms with van der Waals surface area (Å²) in [7, 11) is 2.22. The molecule has 2 atom stereocenters. The van der Waals surface area contributed by atoms with Gasteiger partial charge in [-0.25, -0.2) is 0 Å². The summed E-state index contributed by atoms with van der Waals surface area (Å²) in [6.45, 7) is 8.51. The van der Waals surface area contributed by atoms with Crippen molar-refractivity contribution in [2.24, 2.45) is 0 Å². The average Bonchev–Trinajstić information content (AvgIpc) is 2.53.